The molecule has 2 rings (SSSR count). The molecule has 2 aliphatic rings. The standard InChI is InChI=1S/C10H19N3O/c1-8(11)4-9-5-13(3-2-12-9)10-6-14-7-10/h4,8,10,12H,2-3,5-7,11H2,1H3/b9-4-. The fraction of sp³-hybridized carbons (Fsp3) is 0.800. The maximum atomic E-state index is 5.73. The topological polar surface area (TPSA) is 50.5 Å². The van der Waals surface area contributed by atoms with Gasteiger partial charge in [0.1, 0.15) is 0 Å². The zero-order chi connectivity index (χ0) is 9.97. The predicted octanol–water partition coefficient (Wildman–Crippen LogP) is -0.478. The molecule has 2 aliphatic heterocycles. The summed E-state index contributed by atoms with van der Waals surface area (Å²) in [4.78, 5) is 2.47. The van der Waals surface area contributed by atoms with E-state index < -0.39 is 0 Å². The monoisotopic (exact) mass is 197 g/mol. The quantitative estimate of drug-likeness (QED) is 0.628. The number of nitrogens with zero attached hydrogens (tertiary/aromatic N) is 1. The van der Waals surface area contributed by atoms with Crippen LogP contribution >= 0.6 is 0 Å². The Hall–Kier alpha value is -0.580. The molecule has 2 fully saturated rings. The van der Waals surface area contributed by atoms with Crippen molar-refractivity contribution >= 4 is 0 Å². The van der Waals surface area contributed by atoms with Crippen molar-refractivity contribution in [3.05, 3.63) is 11.8 Å². The Morgan fingerprint density at radius 2 is 2.43 bits per heavy atom. The molecule has 3 N–H and O–H groups in total. The summed E-state index contributed by atoms with van der Waals surface area (Å²) in [6.45, 7) is 6.92. The number of hydrogen-bond donors (Lipinski definition) is 2. The van der Waals surface area contributed by atoms with Crippen LogP contribution in [-0.4, -0.2) is 49.8 Å². The zero-order valence-corrected chi connectivity index (χ0v) is 8.70. The van der Waals surface area contributed by atoms with Gasteiger partial charge in [0.25, 0.3) is 0 Å². The summed E-state index contributed by atoms with van der Waals surface area (Å²) in [7, 11) is 0. The van der Waals surface area contributed by atoms with E-state index in [2.05, 4.69) is 16.3 Å². The van der Waals surface area contributed by atoms with Gasteiger partial charge in [0.15, 0.2) is 0 Å². The van der Waals surface area contributed by atoms with Gasteiger partial charge in [-0.1, -0.05) is 0 Å². The molecule has 14 heavy (non-hydrogen) atoms. The molecule has 0 aromatic rings. The van der Waals surface area contributed by atoms with Gasteiger partial charge in [-0.25, -0.2) is 0 Å². The molecule has 0 bridgehead atoms. The summed E-state index contributed by atoms with van der Waals surface area (Å²) in [5.74, 6) is 0. The van der Waals surface area contributed by atoms with Crippen LogP contribution in [-0.2, 0) is 4.74 Å². The van der Waals surface area contributed by atoms with E-state index >= 15 is 0 Å². The van der Waals surface area contributed by atoms with Crippen molar-refractivity contribution in [2.45, 2.75) is 19.0 Å². The van der Waals surface area contributed by atoms with E-state index in [-0.39, 0.29) is 6.04 Å². The highest BCUT2D eigenvalue weighted by Gasteiger charge is 2.27. The largest absolute Gasteiger partial charge is 0.386 e. The van der Waals surface area contributed by atoms with Crippen LogP contribution in [0.1, 0.15) is 6.92 Å². The molecule has 0 saturated carbocycles. The van der Waals surface area contributed by atoms with E-state index in [1.807, 2.05) is 6.92 Å². The van der Waals surface area contributed by atoms with Crippen molar-refractivity contribution in [1.29, 1.82) is 0 Å². The average molecular weight is 197 g/mol. The lowest BCUT2D eigenvalue weighted by Gasteiger charge is -2.40. The molecule has 4 heteroatoms. The number of nitrogens with one attached hydrogen (secondary N) is 1. The minimum Gasteiger partial charge on any atom is -0.386 e. The van der Waals surface area contributed by atoms with Gasteiger partial charge in [0.2, 0.25) is 0 Å². The van der Waals surface area contributed by atoms with Gasteiger partial charge in [-0.15, -0.1) is 0 Å². The van der Waals surface area contributed by atoms with Crippen LogP contribution in [0.2, 0.25) is 0 Å². The van der Waals surface area contributed by atoms with E-state index in [0.717, 1.165) is 32.8 Å². The van der Waals surface area contributed by atoms with Gasteiger partial charge in [-0.2, -0.15) is 0 Å². The number of piperazine rings is 1. The Bertz CT molecular complexity index is 223. The molecule has 1 atom stereocenters. The molecule has 80 valence electrons. The molecule has 0 aliphatic carbocycles. The first-order chi connectivity index (χ1) is 6.75. The number of ether oxygens (including phenoxy) is 1. The third-order valence-corrected chi connectivity index (χ3v) is 2.73. The van der Waals surface area contributed by atoms with Gasteiger partial charge < -0.3 is 15.8 Å². The minimum atomic E-state index is 0.134. The van der Waals surface area contributed by atoms with Crippen molar-refractivity contribution in [2.75, 3.05) is 32.8 Å². The van der Waals surface area contributed by atoms with E-state index in [4.69, 9.17) is 10.5 Å². The van der Waals surface area contributed by atoms with Gasteiger partial charge >= 0.3 is 0 Å². The van der Waals surface area contributed by atoms with Gasteiger partial charge in [0.05, 0.1) is 19.3 Å². The van der Waals surface area contributed by atoms with Crippen LogP contribution in [0.4, 0.5) is 0 Å². The second kappa shape index (κ2) is 4.29. The van der Waals surface area contributed by atoms with Crippen LogP contribution in [0.5, 0.6) is 0 Å². The van der Waals surface area contributed by atoms with E-state index in [1.54, 1.807) is 0 Å². The molecule has 1 unspecified atom stereocenters. The Labute approximate surface area is 85.1 Å². The van der Waals surface area contributed by atoms with Gasteiger partial charge in [-0.3, -0.25) is 4.90 Å². The lowest BCUT2D eigenvalue weighted by atomic mass is 10.1. The van der Waals surface area contributed by atoms with Crippen LogP contribution in [0, 0.1) is 0 Å². The molecular weight excluding hydrogens is 178 g/mol. The molecule has 4 nitrogen and oxygen atoms in total. The SMILES string of the molecule is CC(N)/C=C1/CN(C2COC2)CCN1. The van der Waals surface area contributed by atoms with Gasteiger partial charge in [0, 0.05) is 31.4 Å². The first-order valence-electron chi connectivity index (χ1n) is 5.27. The molecule has 0 aromatic carbocycles. The maximum Gasteiger partial charge on any atom is 0.0645 e. The number of nitrogens with two attached hydrogens (primary N) is 1. The molecule has 0 aromatic heterocycles. The summed E-state index contributed by atoms with van der Waals surface area (Å²) in [6.07, 6.45) is 2.10. The molecule has 2 heterocycles. The van der Waals surface area contributed by atoms with Crippen LogP contribution in [0.25, 0.3) is 0 Å². The van der Waals surface area contributed by atoms with E-state index in [1.165, 1.54) is 5.70 Å². The Kier molecular flexibility index (Phi) is 3.05. The Morgan fingerprint density at radius 3 is 3.00 bits per heavy atom. The van der Waals surface area contributed by atoms with Crippen molar-refractivity contribution in [3.8, 4) is 0 Å². The Balaban J connectivity index is 1.89. The fourth-order valence-corrected chi connectivity index (χ4v) is 1.89. The summed E-state index contributed by atoms with van der Waals surface area (Å²) in [5.41, 5.74) is 6.99. The third-order valence-electron chi connectivity index (χ3n) is 2.73. The minimum absolute atomic E-state index is 0.134. The highest BCUT2D eigenvalue weighted by atomic mass is 16.5. The zero-order valence-electron chi connectivity index (χ0n) is 8.70. The summed E-state index contributed by atoms with van der Waals surface area (Å²) < 4.78 is 5.20. The van der Waals surface area contributed by atoms with E-state index in [9.17, 15) is 0 Å². The van der Waals surface area contributed by atoms with Crippen molar-refractivity contribution in [1.82, 2.24) is 10.2 Å². The number of hydrogen-bond acceptors (Lipinski definition) is 4. The highest BCUT2D eigenvalue weighted by Crippen LogP contribution is 2.13. The molecular formula is C10H19N3O. The first kappa shape index (κ1) is 9.96. The fourth-order valence-electron chi connectivity index (χ4n) is 1.89. The summed E-state index contributed by atoms with van der Waals surface area (Å²) in [5, 5.41) is 3.38. The molecule has 0 radical (unpaired) electrons. The molecule has 2 saturated heterocycles. The third kappa shape index (κ3) is 2.26. The van der Waals surface area contributed by atoms with Gasteiger partial charge in [-0.05, 0) is 13.0 Å². The maximum absolute atomic E-state index is 5.73. The Morgan fingerprint density at radius 1 is 1.64 bits per heavy atom. The summed E-state index contributed by atoms with van der Waals surface area (Å²) >= 11 is 0. The highest BCUT2D eigenvalue weighted by molar-refractivity contribution is 5.09. The van der Waals surface area contributed by atoms with Crippen LogP contribution < -0.4 is 11.1 Å². The lowest BCUT2D eigenvalue weighted by molar-refractivity contribution is -0.0645. The van der Waals surface area contributed by atoms with Crippen molar-refractivity contribution < 1.29 is 4.74 Å². The molecule has 0 amide bonds. The second-order valence-corrected chi connectivity index (χ2v) is 4.14. The van der Waals surface area contributed by atoms with E-state index in [0.29, 0.717) is 6.04 Å². The first-order valence-corrected chi connectivity index (χ1v) is 5.27. The molecule has 0 spiro atoms. The lowest BCUT2D eigenvalue weighted by Crippen LogP contribution is -2.55. The van der Waals surface area contributed by atoms with Crippen LogP contribution in [0.3, 0.4) is 0 Å². The average Bonchev–Trinajstić information content (AvgIpc) is 1.99. The van der Waals surface area contributed by atoms with Crippen molar-refractivity contribution in [3.63, 3.8) is 0 Å². The van der Waals surface area contributed by atoms with Crippen LogP contribution in [0.15, 0.2) is 11.8 Å². The van der Waals surface area contributed by atoms with Crippen molar-refractivity contribution in [2.24, 2.45) is 5.73 Å². The summed E-state index contributed by atoms with van der Waals surface area (Å²) in [6, 6.07) is 0.767. The smallest absolute Gasteiger partial charge is 0.0645 e. The predicted molar refractivity (Wildman–Crippen MR) is 55.9 cm³/mol. The number of rotatable bonds is 2. The second-order valence-electron chi connectivity index (χ2n) is 4.14. The normalized spacial score (nSPS) is 29.7.